The number of ether oxygens (including phenoxy) is 1. The lowest BCUT2D eigenvalue weighted by molar-refractivity contribution is 0.304. The highest BCUT2D eigenvalue weighted by Crippen LogP contribution is 2.23. The van der Waals surface area contributed by atoms with Crippen LogP contribution in [0.4, 0.5) is 0 Å². The van der Waals surface area contributed by atoms with E-state index in [2.05, 4.69) is 22.0 Å². The van der Waals surface area contributed by atoms with E-state index in [-0.39, 0.29) is 0 Å². The molecule has 1 aromatic carbocycles. The molecular weight excluding hydrogens is 270 g/mol. The molecule has 2 aromatic rings. The lowest BCUT2D eigenvalue weighted by Gasteiger charge is -2.06. The average Bonchev–Trinajstić information content (AvgIpc) is 2.80. The minimum Gasteiger partial charge on any atom is -0.487 e. The predicted octanol–water partition coefficient (Wildman–Crippen LogP) is 3.49. The molecule has 0 aliphatic heterocycles. The molecule has 0 amide bonds. The molecule has 0 atom stereocenters. The maximum absolute atomic E-state index is 8.93. The molecule has 0 N–H and O–H groups in total. The van der Waals surface area contributed by atoms with E-state index in [1.165, 1.54) is 0 Å². The van der Waals surface area contributed by atoms with Gasteiger partial charge in [-0.25, -0.2) is 0 Å². The van der Waals surface area contributed by atoms with Crippen LogP contribution in [-0.2, 0) is 6.61 Å². The van der Waals surface area contributed by atoms with Gasteiger partial charge in [0.05, 0.1) is 18.1 Å². The lowest BCUT2D eigenvalue weighted by Crippen LogP contribution is -1.95. The van der Waals surface area contributed by atoms with Crippen LogP contribution in [0.25, 0.3) is 0 Å². The second-order valence-electron chi connectivity index (χ2n) is 3.17. The third-order valence-electron chi connectivity index (χ3n) is 2.04. The molecule has 0 aliphatic carbocycles. The van der Waals surface area contributed by atoms with E-state index in [0.717, 1.165) is 10.0 Å². The highest BCUT2D eigenvalue weighted by Gasteiger charge is 2.04. The Morgan fingerprint density at radius 2 is 2.25 bits per heavy atom. The van der Waals surface area contributed by atoms with Crippen LogP contribution in [0.1, 0.15) is 11.1 Å². The topological polar surface area (TPSA) is 46.2 Å². The van der Waals surface area contributed by atoms with E-state index in [1.54, 1.807) is 24.7 Å². The van der Waals surface area contributed by atoms with Gasteiger partial charge in [-0.15, -0.1) is 0 Å². The number of benzene rings is 1. The van der Waals surface area contributed by atoms with Crippen molar-refractivity contribution >= 4 is 15.9 Å². The predicted molar refractivity (Wildman–Crippen MR) is 61.9 cm³/mol. The molecule has 0 aliphatic rings. The molecule has 16 heavy (non-hydrogen) atoms. The summed E-state index contributed by atoms with van der Waals surface area (Å²) in [7, 11) is 0. The van der Waals surface area contributed by atoms with Gasteiger partial charge in [-0.05, 0) is 24.3 Å². The largest absolute Gasteiger partial charge is 0.487 e. The minimum atomic E-state index is 0.396. The quantitative estimate of drug-likeness (QED) is 0.863. The summed E-state index contributed by atoms with van der Waals surface area (Å²) in [6.45, 7) is 0.396. The van der Waals surface area contributed by atoms with Gasteiger partial charge < -0.3 is 9.15 Å². The van der Waals surface area contributed by atoms with Crippen molar-refractivity contribution in [2.45, 2.75) is 6.61 Å². The van der Waals surface area contributed by atoms with Gasteiger partial charge in [0.15, 0.2) is 0 Å². The van der Waals surface area contributed by atoms with Gasteiger partial charge in [0.25, 0.3) is 0 Å². The fraction of sp³-hybridized carbons (Fsp3) is 0.0833. The van der Waals surface area contributed by atoms with Crippen molar-refractivity contribution < 1.29 is 9.15 Å². The molecule has 0 bridgehead atoms. The normalized spacial score (nSPS) is 9.75. The molecule has 0 saturated carbocycles. The van der Waals surface area contributed by atoms with Crippen LogP contribution in [-0.4, -0.2) is 0 Å². The zero-order chi connectivity index (χ0) is 11.4. The Balaban J connectivity index is 2.13. The van der Waals surface area contributed by atoms with Gasteiger partial charge in [0.2, 0.25) is 0 Å². The zero-order valence-electron chi connectivity index (χ0n) is 8.31. The maximum Gasteiger partial charge on any atom is 0.137 e. The van der Waals surface area contributed by atoms with Gasteiger partial charge in [-0.3, -0.25) is 0 Å². The van der Waals surface area contributed by atoms with Crippen LogP contribution in [0.3, 0.4) is 0 Å². The van der Waals surface area contributed by atoms with Crippen molar-refractivity contribution in [3.8, 4) is 11.8 Å². The summed E-state index contributed by atoms with van der Waals surface area (Å²) in [5.41, 5.74) is 1.45. The second kappa shape index (κ2) is 4.86. The van der Waals surface area contributed by atoms with Crippen molar-refractivity contribution in [1.82, 2.24) is 0 Å². The molecule has 2 rings (SSSR count). The molecule has 0 fully saturated rings. The monoisotopic (exact) mass is 277 g/mol. The standard InChI is InChI=1S/C12H8BrNO2/c13-11-1-2-12(10(5-11)6-14)16-8-9-3-4-15-7-9/h1-5,7H,8H2. The van der Waals surface area contributed by atoms with E-state index in [9.17, 15) is 0 Å². The summed E-state index contributed by atoms with van der Waals surface area (Å²) in [5, 5.41) is 8.93. The Morgan fingerprint density at radius 3 is 2.94 bits per heavy atom. The van der Waals surface area contributed by atoms with Gasteiger partial charge in [0.1, 0.15) is 18.4 Å². The van der Waals surface area contributed by atoms with E-state index in [0.29, 0.717) is 17.9 Å². The summed E-state index contributed by atoms with van der Waals surface area (Å²) in [6, 6.07) is 9.24. The Kier molecular flexibility index (Phi) is 3.28. The highest BCUT2D eigenvalue weighted by molar-refractivity contribution is 9.10. The van der Waals surface area contributed by atoms with Crippen molar-refractivity contribution in [3.05, 3.63) is 52.4 Å². The fourth-order valence-electron chi connectivity index (χ4n) is 1.25. The van der Waals surface area contributed by atoms with Crippen LogP contribution in [0.5, 0.6) is 5.75 Å². The molecule has 3 nitrogen and oxygen atoms in total. The number of nitriles is 1. The minimum absolute atomic E-state index is 0.396. The number of halogens is 1. The highest BCUT2D eigenvalue weighted by atomic mass is 79.9. The van der Waals surface area contributed by atoms with E-state index < -0.39 is 0 Å². The Labute approximate surface area is 101 Å². The van der Waals surface area contributed by atoms with Crippen molar-refractivity contribution in [3.63, 3.8) is 0 Å². The Bertz CT molecular complexity index is 514. The van der Waals surface area contributed by atoms with Crippen molar-refractivity contribution in [1.29, 1.82) is 5.26 Å². The summed E-state index contributed by atoms with van der Waals surface area (Å²) in [4.78, 5) is 0. The molecular formula is C12H8BrNO2. The van der Waals surface area contributed by atoms with E-state index >= 15 is 0 Å². The first-order chi connectivity index (χ1) is 7.79. The molecule has 1 heterocycles. The van der Waals surface area contributed by atoms with Gasteiger partial charge in [-0.2, -0.15) is 5.26 Å². The Morgan fingerprint density at radius 1 is 1.38 bits per heavy atom. The van der Waals surface area contributed by atoms with Crippen LogP contribution in [0, 0.1) is 11.3 Å². The first kappa shape index (κ1) is 10.8. The van der Waals surface area contributed by atoms with Crippen molar-refractivity contribution in [2.24, 2.45) is 0 Å². The third-order valence-corrected chi connectivity index (χ3v) is 2.53. The van der Waals surface area contributed by atoms with Crippen LogP contribution >= 0.6 is 15.9 Å². The number of nitrogens with zero attached hydrogens (tertiary/aromatic N) is 1. The smallest absolute Gasteiger partial charge is 0.137 e. The fourth-order valence-corrected chi connectivity index (χ4v) is 1.61. The SMILES string of the molecule is N#Cc1cc(Br)ccc1OCc1ccoc1. The first-order valence-corrected chi connectivity index (χ1v) is 5.42. The summed E-state index contributed by atoms with van der Waals surface area (Å²) in [6.07, 6.45) is 3.20. The van der Waals surface area contributed by atoms with Crippen LogP contribution in [0.2, 0.25) is 0 Å². The number of rotatable bonds is 3. The number of hydrogen-bond acceptors (Lipinski definition) is 3. The molecule has 0 radical (unpaired) electrons. The molecule has 80 valence electrons. The number of hydrogen-bond donors (Lipinski definition) is 0. The van der Waals surface area contributed by atoms with Gasteiger partial charge in [-0.1, -0.05) is 15.9 Å². The summed E-state index contributed by atoms with van der Waals surface area (Å²) < 4.78 is 11.3. The molecule has 4 heteroatoms. The van der Waals surface area contributed by atoms with E-state index in [1.807, 2.05) is 12.1 Å². The first-order valence-electron chi connectivity index (χ1n) is 4.63. The van der Waals surface area contributed by atoms with E-state index in [4.69, 9.17) is 14.4 Å². The van der Waals surface area contributed by atoms with Crippen molar-refractivity contribution in [2.75, 3.05) is 0 Å². The summed E-state index contributed by atoms with van der Waals surface area (Å²) in [5.74, 6) is 0.576. The lowest BCUT2D eigenvalue weighted by atomic mass is 10.2. The molecule has 0 saturated heterocycles. The maximum atomic E-state index is 8.93. The van der Waals surface area contributed by atoms with Crippen LogP contribution < -0.4 is 4.74 Å². The zero-order valence-corrected chi connectivity index (χ0v) is 9.90. The second-order valence-corrected chi connectivity index (χ2v) is 4.09. The van der Waals surface area contributed by atoms with Gasteiger partial charge in [0, 0.05) is 10.0 Å². The molecule has 0 unspecified atom stereocenters. The molecule has 0 spiro atoms. The van der Waals surface area contributed by atoms with Gasteiger partial charge >= 0.3 is 0 Å². The Hall–Kier alpha value is -1.73. The third kappa shape index (κ3) is 2.44. The summed E-state index contributed by atoms with van der Waals surface area (Å²) >= 11 is 3.31. The average molecular weight is 278 g/mol. The number of furan rings is 1. The van der Waals surface area contributed by atoms with Crippen LogP contribution in [0.15, 0.2) is 45.7 Å². The molecule has 1 aromatic heterocycles.